The van der Waals surface area contributed by atoms with E-state index < -0.39 is 24.0 Å². The van der Waals surface area contributed by atoms with Crippen molar-refractivity contribution in [3.63, 3.8) is 0 Å². The lowest BCUT2D eigenvalue weighted by Crippen LogP contribution is -2.67. The molecule has 10 heteroatoms. The number of alkyl halides is 3. The Morgan fingerprint density at radius 3 is 2.53 bits per heavy atom. The summed E-state index contributed by atoms with van der Waals surface area (Å²) in [5.41, 5.74) is 0.0428. The SMILES string of the molecule is CN(C)C1(c2cccc(F)c2)CC2(CN(c3ccc(OC(F)(F)F)cn3)C(O)N2)C1. The number of aliphatic hydroxyl groups excluding tert-OH is 1. The van der Waals surface area contributed by atoms with Crippen LogP contribution in [-0.4, -0.2) is 53.9 Å². The number of benzene rings is 1. The van der Waals surface area contributed by atoms with E-state index in [4.69, 9.17) is 0 Å². The highest BCUT2D eigenvalue weighted by Crippen LogP contribution is 2.54. The van der Waals surface area contributed by atoms with Crippen molar-refractivity contribution in [3.05, 3.63) is 54.0 Å². The first-order valence-electron chi connectivity index (χ1n) is 9.40. The van der Waals surface area contributed by atoms with Gasteiger partial charge in [-0.15, -0.1) is 13.2 Å². The van der Waals surface area contributed by atoms with Gasteiger partial charge in [0, 0.05) is 17.6 Å². The maximum absolute atomic E-state index is 13.8. The maximum Gasteiger partial charge on any atom is 0.573 e. The lowest BCUT2D eigenvalue weighted by Gasteiger charge is -2.58. The number of hydrogen-bond donors (Lipinski definition) is 2. The molecule has 162 valence electrons. The molecule has 4 rings (SSSR count). The summed E-state index contributed by atoms with van der Waals surface area (Å²) < 4.78 is 54.6. The van der Waals surface area contributed by atoms with Crippen LogP contribution < -0.4 is 15.0 Å². The van der Waals surface area contributed by atoms with E-state index in [2.05, 4.69) is 15.0 Å². The third kappa shape index (κ3) is 3.70. The van der Waals surface area contributed by atoms with Crippen molar-refractivity contribution in [2.45, 2.75) is 36.6 Å². The van der Waals surface area contributed by atoms with Crippen molar-refractivity contribution >= 4 is 5.82 Å². The summed E-state index contributed by atoms with van der Waals surface area (Å²) in [7, 11) is 3.86. The number of ether oxygens (including phenoxy) is 1. The summed E-state index contributed by atoms with van der Waals surface area (Å²) in [5, 5.41) is 13.7. The molecule has 1 atom stereocenters. The predicted octanol–water partition coefficient (Wildman–Crippen LogP) is 2.79. The second-order valence-electron chi connectivity index (χ2n) is 8.12. The number of aliphatic hydroxyl groups is 1. The van der Waals surface area contributed by atoms with Gasteiger partial charge in [0.1, 0.15) is 17.4 Å². The van der Waals surface area contributed by atoms with Crippen LogP contribution in [0.15, 0.2) is 42.6 Å². The Bertz CT molecular complexity index is 914. The standard InChI is InChI=1S/C20H22F4N4O2/c1-27(2)19(13-4-3-5-14(21)8-13)10-18(11-19)12-28(17(29)26-18)16-7-6-15(9-25-16)30-20(22,23)24/h3-9,17,26,29H,10-12H2,1-2H3. The summed E-state index contributed by atoms with van der Waals surface area (Å²) in [6, 6.07) is 9.02. The first-order chi connectivity index (χ1) is 14.0. The van der Waals surface area contributed by atoms with E-state index in [0.717, 1.165) is 17.8 Å². The molecule has 30 heavy (non-hydrogen) atoms. The van der Waals surface area contributed by atoms with Crippen molar-refractivity contribution in [2.24, 2.45) is 0 Å². The molecule has 1 aromatic carbocycles. The molecule has 2 heterocycles. The van der Waals surface area contributed by atoms with Gasteiger partial charge in [-0.2, -0.15) is 0 Å². The smallest absolute Gasteiger partial charge is 0.404 e. The summed E-state index contributed by atoms with van der Waals surface area (Å²) in [5.74, 6) is -0.403. The van der Waals surface area contributed by atoms with E-state index in [0.29, 0.717) is 25.2 Å². The number of pyridine rings is 1. The molecule has 1 spiro atoms. The fourth-order valence-corrected chi connectivity index (χ4v) is 4.59. The highest BCUT2D eigenvalue weighted by molar-refractivity contribution is 5.46. The van der Waals surface area contributed by atoms with Crippen LogP contribution in [0.4, 0.5) is 23.4 Å². The van der Waals surface area contributed by atoms with Gasteiger partial charge in [0.2, 0.25) is 0 Å². The Labute approximate surface area is 171 Å². The van der Waals surface area contributed by atoms with E-state index in [1.807, 2.05) is 25.1 Å². The van der Waals surface area contributed by atoms with Gasteiger partial charge in [-0.25, -0.2) is 9.37 Å². The van der Waals surface area contributed by atoms with Gasteiger partial charge in [-0.1, -0.05) is 12.1 Å². The molecule has 2 fully saturated rings. The first-order valence-corrected chi connectivity index (χ1v) is 9.40. The molecule has 0 amide bonds. The number of hydrogen-bond acceptors (Lipinski definition) is 6. The molecular formula is C20H22F4N4O2. The number of aromatic nitrogens is 1. The highest BCUT2D eigenvalue weighted by Gasteiger charge is 2.61. The van der Waals surface area contributed by atoms with Gasteiger partial charge < -0.3 is 14.7 Å². The van der Waals surface area contributed by atoms with Crippen LogP contribution in [0.25, 0.3) is 0 Å². The van der Waals surface area contributed by atoms with Crippen LogP contribution in [0.2, 0.25) is 0 Å². The van der Waals surface area contributed by atoms with E-state index in [1.165, 1.54) is 18.2 Å². The number of halogens is 4. The molecule has 1 saturated heterocycles. The minimum Gasteiger partial charge on any atom is -0.404 e. The van der Waals surface area contributed by atoms with E-state index in [1.54, 1.807) is 11.0 Å². The third-order valence-electron chi connectivity index (χ3n) is 5.93. The van der Waals surface area contributed by atoms with Crippen LogP contribution in [-0.2, 0) is 5.54 Å². The van der Waals surface area contributed by atoms with Crippen molar-refractivity contribution in [1.82, 2.24) is 15.2 Å². The fraction of sp³-hybridized carbons (Fsp3) is 0.450. The van der Waals surface area contributed by atoms with Crippen LogP contribution in [0.5, 0.6) is 5.75 Å². The molecule has 2 N–H and O–H groups in total. The third-order valence-corrected chi connectivity index (χ3v) is 5.93. The predicted molar refractivity (Wildman–Crippen MR) is 101 cm³/mol. The van der Waals surface area contributed by atoms with Crippen LogP contribution in [0.1, 0.15) is 18.4 Å². The molecule has 1 aliphatic heterocycles. The molecule has 0 radical (unpaired) electrons. The molecule has 0 bridgehead atoms. The van der Waals surface area contributed by atoms with Gasteiger partial charge >= 0.3 is 6.36 Å². The van der Waals surface area contributed by atoms with Gasteiger partial charge in [-0.3, -0.25) is 10.2 Å². The largest absolute Gasteiger partial charge is 0.573 e. The van der Waals surface area contributed by atoms with E-state index in [9.17, 15) is 22.7 Å². The normalized spacial score (nSPS) is 28.8. The van der Waals surface area contributed by atoms with Crippen LogP contribution in [0.3, 0.4) is 0 Å². The number of nitrogens with zero attached hydrogens (tertiary/aromatic N) is 3. The molecule has 2 aromatic rings. The number of anilines is 1. The fourth-order valence-electron chi connectivity index (χ4n) is 4.59. The van der Waals surface area contributed by atoms with Crippen molar-refractivity contribution in [1.29, 1.82) is 0 Å². The minimum absolute atomic E-state index is 0.305. The second-order valence-corrected chi connectivity index (χ2v) is 8.12. The van der Waals surface area contributed by atoms with Crippen molar-refractivity contribution in [2.75, 3.05) is 25.5 Å². The average Bonchev–Trinajstić information content (AvgIpc) is 2.96. The summed E-state index contributed by atoms with van der Waals surface area (Å²) in [6.07, 6.45) is -3.61. The van der Waals surface area contributed by atoms with E-state index >= 15 is 0 Å². The number of nitrogens with one attached hydrogen (secondary N) is 1. The Balaban J connectivity index is 1.51. The Morgan fingerprint density at radius 2 is 1.97 bits per heavy atom. The average molecular weight is 426 g/mol. The highest BCUT2D eigenvalue weighted by atomic mass is 19.4. The molecule has 1 aliphatic carbocycles. The van der Waals surface area contributed by atoms with Crippen molar-refractivity contribution in [3.8, 4) is 5.75 Å². The Kier molecular flexibility index (Phi) is 4.91. The minimum atomic E-state index is -4.79. The molecule has 1 saturated carbocycles. The summed E-state index contributed by atoms with van der Waals surface area (Å²) in [6.45, 7) is 0.408. The maximum atomic E-state index is 13.8. The van der Waals surface area contributed by atoms with Gasteiger partial charge in [-0.05, 0) is 56.8 Å². The van der Waals surface area contributed by atoms with Gasteiger partial charge in [0.25, 0.3) is 0 Å². The topological polar surface area (TPSA) is 60.9 Å². The Hall–Kier alpha value is -2.43. The molecule has 6 nitrogen and oxygen atoms in total. The van der Waals surface area contributed by atoms with Gasteiger partial charge in [0.05, 0.1) is 6.20 Å². The second kappa shape index (κ2) is 7.07. The molecule has 1 unspecified atom stereocenters. The van der Waals surface area contributed by atoms with E-state index in [-0.39, 0.29) is 11.4 Å². The quantitative estimate of drug-likeness (QED) is 0.734. The lowest BCUT2D eigenvalue weighted by molar-refractivity contribution is -0.274. The Morgan fingerprint density at radius 1 is 1.23 bits per heavy atom. The summed E-state index contributed by atoms with van der Waals surface area (Å²) >= 11 is 0. The monoisotopic (exact) mass is 426 g/mol. The number of rotatable bonds is 4. The zero-order chi connectivity index (χ0) is 21.7. The van der Waals surface area contributed by atoms with Crippen LogP contribution >= 0.6 is 0 Å². The van der Waals surface area contributed by atoms with Crippen LogP contribution in [0, 0.1) is 5.82 Å². The van der Waals surface area contributed by atoms with Gasteiger partial charge in [0.15, 0.2) is 6.35 Å². The van der Waals surface area contributed by atoms with Crippen molar-refractivity contribution < 1.29 is 27.4 Å². The zero-order valence-electron chi connectivity index (χ0n) is 16.4. The molecule has 2 aliphatic rings. The molecule has 1 aromatic heterocycles. The summed E-state index contributed by atoms with van der Waals surface area (Å²) in [4.78, 5) is 7.63. The molecular weight excluding hydrogens is 404 g/mol. The first kappa shape index (κ1) is 20.8. The zero-order valence-corrected chi connectivity index (χ0v) is 16.4. The lowest BCUT2D eigenvalue weighted by atomic mass is 9.59.